The fourth-order valence-electron chi connectivity index (χ4n) is 1.40. The molecule has 0 aromatic heterocycles. The van der Waals surface area contributed by atoms with Gasteiger partial charge in [-0.05, 0) is 19.3 Å². The Morgan fingerprint density at radius 3 is 2.55 bits per heavy atom. The summed E-state index contributed by atoms with van der Waals surface area (Å²) in [6.45, 7) is 2.14. The van der Waals surface area contributed by atoms with E-state index in [1.807, 2.05) is 0 Å². The predicted octanol–water partition coefficient (Wildman–Crippen LogP) is 0.380. The molecule has 0 unspecified atom stereocenters. The van der Waals surface area contributed by atoms with Crippen LogP contribution in [0.25, 0.3) is 0 Å². The Morgan fingerprint density at radius 2 is 2.27 bits per heavy atom. The van der Waals surface area contributed by atoms with Crippen LogP contribution in [-0.2, 0) is 4.79 Å². The molecule has 0 aromatic carbocycles. The third-order valence-electron chi connectivity index (χ3n) is 2.26. The van der Waals surface area contributed by atoms with Crippen molar-refractivity contribution in [3.05, 3.63) is 0 Å². The smallest absolute Gasteiger partial charge is 0.219 e. The van der Waals surface area contributed by atoms with Crippen molar-refractivity contribution in [1.82, 2.24) is 4.90 Å². The lowest BCUT2D eigenvalue weighted by Gasteiger charge is -2.36. The van der Waals surface area contributed by atoms with Gasteiger partial charge in [0.2, 0.25) is 5.91 Å². The van der Waals surface area contributed by atoms with Crippen molar-refractivity contribution in [1.29, 1.82) is 0 Å². The molecule has 1 rings (SSSR count). The summed E-state index contributed by atoms with van der Waals surface area (Å²) in [6, 6.07) is 0.416. The van der Waals surface area contributed by atoms with Gasteiger partial charge in [-0.1, -0.05) is 0 Å². The number of nitrogens with zero attached hydrogens (tertiary/aromatic N) is 1. The molecule has 1 N–H and O–H groups in total. The van der Waals surface area contributed by atoms with E-state index in [-0.39, 0.29) is 12.5 Å². The van der Waals surface area contributed by atoms with Crippen molar-refractivity contribution < 1.29 is 9.90 Å². The second kappa shape index (κ2) is 3.72. The zero-order valence-electron chi connectivity index (χ0n) is 6.92. The van der Waals surface area contributed by atoms with Crippen LogP contribution in [0.3, 0.4) is 0 Å². The van der Waals surface area contributed by atoms with E-state index in [1.165, 1.54) is 6.42 Å². The number of carbonyl (C=O) groups excluding carboxylic acids is 1. The first-order valence-corrected chi connectivity index (χ1v) is 4.13. The SMILES string of the molecule is CC(=O)N(CCO)C1CCC1. The topological polar surface area (TPSA) is 40.5 Å². The van der Waals surface area contributed by atoms with E-state index in [2.05, 4.69) is 0 Å². The minimum absolute atomic E-state index is 0.0794. The van der Waals surface area contributed by atoms with E-state index in [4.69, 9.17) is 5.11 Å². The molecular weight excluding hydrogens is 142 g/mol. The summed E-state index contributed by atoms with van der Waals surface area (Å²) in [5.74, 6) is 0.0868. The van der Waals surface area contributed by atoms with Gasteiger partial charge < -0.3 is 10.0 Å². The standard InChI is InChI=1S/C8H15NO2/c1-7(11)9(5-6-10)8-3-2-4-8/h8,10H,2-6H2,1H3. The molecule has 0 spiro atoms. The molecule has 0 bridgehead atoms. The van der Waals surface area contributed by atoms with E-state index in [1.54, 1.807) is 11.8 Å². The Balaban J connectivity index is 2.37. The highest BCUT2D eigenvalue weighted by atomic mass is 16.3. The van der Waals surface area contributed by atoms with E-state index in [9.17, 15) is 4.79 Å². The Morgan fingerprint density at radius 1 is 1.64 bits per heavy atom. The van der Waals surface area contributed by atoms with Gasteiger partial charge in [0, 0.05) is 19.5 Å². The molecule has 11 heavy (non-hydrogen) atoms. The van der Waals surface area contributed by atoms with Gasteiger partial charge in [0.1, 0.15) is 0 Å². The molecule has 3 heteroatoms. The predicted molar refractivity (Wildman–Crippen MR) is 42.1 cm³/mol. The number of amides is 1. The number of carbonyl (C=O) groups is 1. The van der Waals surface area contributed by atoms with Gasteiger partial charge in [-0.2, -0.15) is 0 Å². The second-order valence-electron chi connectivity index (χ2n) is 3.02. The summed E-state index contributed by atoms with van der Waals surface area (Å²) < 4.78 is 0. The zero-order chi connectivity index (χ0) is 8.27. The van der Waals surface area contributed by atoms with Crippen LogP contribution in [-0.4, -0.2) is 35.1 Å². The van der Waals surface area contributed by atoms with Gasteiger partial charge in [0.05, 0.1) is 6.61 Å². The molecule has 1 amide bonds. The van der Waals surface area contributed by atoms with Crippen LogP contribution in [0.2, 0.25) is 0 Å². The van der Waals surface area contributed by atoms with Crippen molar-refractivity contribution in [3.63, 3.8) is 0 Å². The maximum absolute atomic E-state index is 11.0. The number of hydrogen-bond donors (Lipinski definition) is 1. The van der Waals surface area contributed by atoms with Crippen LogP contribution in [0.4, 0.5) is 0 Å². The van der Waals surface area contributed by atoms with Crippen LogP contribution in [0.1, 0.15) is 26.2 Å². The van der Waals surface area contributed by atoms with Gasteiger partial charge in [-0.15, -0.1) is 0 Å². The van der Waals surface area contributed by atoms with Gasteiger partial charge >= 0.3 is 0 Å². The van der Waals surface area contributed by atoms with Crippen molar-refractivity contribution in [2.45, 2.75) is 32.2 Å². The molecule has 1 saturated carbocycles. The molecule has 0 saturated heterocycles. The van der Waals surface area contributed by atoms with E-state index >= 15 is 0 Å². The van der Waals surface area contributed by atoms with Gasteiger partial charge in [0.15, 0.2) is 0 Å². The molecule has 64 valence electrons. The number of hydrogen-bond acceptors (Lipinski definition) is 2. The number of aliphatic hydroxyl groups excluding tert-OH is 1. The molecule has 3 nitrogen and oxygen atoms in total. The lowest BCUT2D eigenvalue weighted by molar-refractivity contribution is -0.133. The molecule has 0 aromatic rings. The minimum Gasteiger partial charge on any atom is -0.395 e. The maximum Gasteiger partial charge on any atom is 0.219 e. The summed E-state index contributed by atoms with van der Waals surface area (Å²) in [5, 5.41) is 8.66. The lowest BCUT2D eigenvalue weighted by atomic mass is 9.91. The average molecular weight is 157 g/mol. The van der Waals surface area contributed by atoms with E-state index in [0.717, 1.165) is 12.8 Å². The van der Waals surface area contributed by atoms with E-state index < -0.39 is 0 Å². The quantitative estimate of drug-likeness (QED) is 0.643. The Bertz CT molecular complexity index is 143. The van der Waals surface area contributed by atoms with Gasteiger partial charge in [0.25, 0.3) is 0 Å². The molecule has 0 aliphatic heterocycles. The van der Waals surface area contributed by atoms with Crippen LogP contribution in [0, 0.1) is 0 Å². The van der Waals surface area contributed by atoms with Crippen molar-refractivity contribution in [2.24, 2.45) is 0 Å². The van der Waals surface area contributed by atoms with Crippen LogP contribution in [0.5, 0.6) is 0 Å². The van der Waals surface area contributed by atoms with Crippen LogP contribution >= 0.6 is 0 Å². The molecule has 0 atom stereocenters. The highest BCUT2D eigenvalue weighted by Crippen LogP contribution is 2.24. The fourth-order valence-corrected chi connectivity index (χ4v) is 1.40. The summed E-state index contributed by atoms with van der Waals surface area (Å²) in [7, 11) is 0. The van der Waals surface area contributed by atoms with Crippen molar-refractivity contribution >= 4 is 5.91 Å². The summed E-state index contributed by atoms with van der Waals surface area (Å²) in [5.41, 5.74) is 0. The summed E-state index contributed by atoms with van der Waals surface area (Å²) in [6.07, 6.45) is 3.44. The van der Waals surface area contributed by atoms with Crippen molar-refractivity contribution in [3.8, 4) is 0 Å². The monoisotopic (exact) mass is 157 g/mol. The number of aliphatic hydroxyl groups is 1. The third kappa shape index (κ3) is 1.93. The Hall–Kier alpha value is -0.570. The normalized spacial score (nSPS) is 17.6. The lowest BCUT2D eigenvalue weighted by Crippen LogP contribution is -2.44. The third-order valence-corrected chi connectivity index (χ3v) is 2.26. The Labute approximate surface area is 67.0 Å². The van der Waals surface area contributed by atoms with E-state index in [0.29, 0.717) is 12.6 Å². The minimum atomic E-state index is 0.0794. The molecule has 0 radical (unpaired) electrons. The summed E-state index contributed by atoms with van der Waals surface area (Å²) >= 11 is 0. The average Bonchev–Trinajstić information content (AvgIpc) is 1.82. The second-order valence-corrected chi connectivity index (χ2v) is 3.02. The fraction of sp³-hybridized carbons (Fsp3) is 0.875. The van der Waals surface area contributed by atoms with Gasteiger partial charge in [-0.25, -0.2) is 0 Å². The number of rotatable bonds is 3. The first-order chi connectivity index (χ1) is 5.25. The highest BCUT2D eigenvalue weighted by molar-refractivity contribution is 5.73. The zero-order valence-corrected chi connectivity index (χ0v) is 6.92. The highest BCUT2D eigenvalue weighted by Gasteiger charge is 2.25. The Kier molecular flexibility index (Phi) is 2.88. The molecule has 0 heterocycles. The largest absolute Gasteiger partial charge is 0.395 e. The molecular formula is C8H15NO2. The summed E-state index contributed by atoms with van der Waals surface area (Å²) in [4.78, 5) is 12.8. The van der Waals surface area contributed by atoms with Crippen LogP contribution < -0.4 is 0 Å². The van der Waals surface area contributed by atoms with Crippen molar-refractivity contribution in [2.75, 3.05) is 13.2 Å². The molecule has 1 aliphatic carbocycles. The van der Waals surface area contributed by atoms with Crippen LogP contribution in [0.15, 0.2) is 0 Å². The molecule has 1 aliphatic rings. The first-order valence-electron chi connectivity index (χ1n) is 4.13. The molecule has 1 fully saturated rings. The first kappa shape index (κ1) is 8.53. The van der Waals surface area contributed by atoms with Gasteiger partial charge in [-0.3, -0.25) is 4.79 Å². The maximum atomic E-state index is 11.0.